The molecule has 3 rings (SSSR count). The van der Waals surface area contributed by atoms with E-state index in [1.807, 2.05) is 0 Å². The molecule has 0 N–H and O–H groups in total. The molecule has 2 saturated heterocycles. The van der Waals surface area contributed by atoms with Crippen molar-refractivity contribution in [3.63, 3.8) is 0 Å². The third kappa shape index (κ3) is 4.07. The summed E-state index contributed by atoms with van der Waals surface area (Å²) in [5, 5.41) is 0. The Morgan fingerprint density at radius 3 is 1.45 bits per heavy atom. The maximum atomic E-state index is 5.44. The Morgan fingerprint density at radius 1 is 0.727 bits per heavy atom. The van der Waals surface area contributed by atoms with Crippen molar-refractivity contribution in [2.45, 2.75) is 26.9 Å². The van der Waals surface area contributed by atoms with E-state index < -0.39 is 0 Å². The minimum Gasteiger partial charge on any atom is -0.379 e. The van der Waals surface area contributed by atoms with Crippen LogP contribution in [0.5, 0.6) is 0 Å². The van der Waals surface area contributed by atoms with Gasteiger partial charge in [-0.15, -0.1) is 0 Å². The maximum Gasteiger partial charge on any atom is 0.0594 e. The highest BCUT2D eigenvalue weighted by atomic mass is 16.5. The zero-order valence-electron chi connectivity index (χ0n) is 13.9. The van der Waals surface area contributed by atoms with Gasteiger partial charge in [0.25, 0.3) is 0 Å². The number of morpholine rings is 2. The standard InChI is InChI=1S/C18H28N2O2/c1-15-11-18(14-20-5-9-22-10-6-20)16(2)12-17(15)13-19-3-7-21-8-4-19/h11-12H,3-10,13-14H2,1-2H3. The molecule has 0 saturated carbocycles. The van der Waals surface area contributed by atoms with Crippen LogP contribution in [0.2, 0.25) is 0 Å². The highest BCUT2D eigenvalue weighted by Gasteiger charge is 2.15. The molecule has 2 aliphatic heterocycles. The number of hydrogen-bond donors (Lipinski definition) is 0. The molecule has 2 heterocycles. The van der Waals surface area contributed by atoms with E-state index in [2.05, 4.69) is 35.8 Å². The van der Waals surface area contributed by atoms with Gasteiger partial charge < -0.3 is 9.47 Å². The maximum absolute atomic E-state index is 5.44. The summed E-state index contributed by atoms with van der Waals surface area (Å²) < 4.78 is 10.9. The Hall–Kier alpha value is -0.940. The molecule has 2 fully saturated rings. The van der Waals surface area contributed by atoms with Crippen molar-refractivity contribution >= 4 is 0 Å². The molecule has 0 bridgehead atoms. The van der Waals surface area contributed by atoms with Crippen LogP contribution in [0.15, 0.2) is 12.1 Å². The fraction of sp³-hybridized carbons (Fsp3) is 0.667. The van der Waals surface area contributed by atoms with Crippen molar-refractivity contribution in [2.24, 2.45) is 0 Å². The zero-order valence-corrected chi connectivity index (χ0v) is 13.9. The minimum atomic E-state index is 0.868. The van der Waals surface area contributed by atoms with Gasteiger partial charge in [-0.1, -0.05) is 12.1 Å². The van der Waals surface area contributed by atoms with Crippen LogP contribution >= 0.6 is 0 Å². The van der Waals surface area contributed by atoms with Gasteiger partial charge in [-0.2, -0.15) is 0 Å². The molecule has 0 atom stereocenters. The number of ether oxygens (including phenoxy) is 2. The molecule has 1 aromatic carbocycles. The quantitative estimate of drug-likeness (QED) is 0.849. The summed E-state index contributed by atoms with van der Waals surface area (Å²) in [5.74, 6) is 0. The van der Waals surface area contributed by atoms with Gasteiger partial charge in [0.1, 0.15) is 0 Å². The SMILES string of the molecule is Cc1cc(CN2CCOCC2)c(C)cc1CN1CCOCC1. The van der Waals surface area contributed by atoms with Crippen LogP contribution in [0.1, 0.15) is 22.3 Å². The van der Waals surface area contributed by atoms with E-state index >= 15 is 0 Å². The van der Waals surface area contributed by atoms with Crippen LogP contribution in [0, 0.1) is 13.8 Å². The fourth-order valence-corrected chi connectivity index (χ4v) is 3.28. The molecular weight excluding hydrogens is 276 g/mol. The van der Waals surface area contributed by atoms with Gasteiger partial charge in [-0.25, -0.2) is 0 Å². The number of rotatable bonds is 4. The van der Waals surface area contributed by atoms with Crippen molar-refractivity contribution in [1.82, 2.24) is 9.80 Å². The second-order valence-electron chi connectivity index (χ2n) is 6.48. The lowest BCUT2D eigenvalue weighted by molar-refractivity contribution is 0.0335. The summed E-state index contributed by atoms with van der Waals surface area (Å²) in [6.07, 6.45) is 0. The smallest absolute Gasteiger partial charge is 0.0594 e. The Balaban J connectivity index is 1.67. The number of nitrogens with zero attached hydrogens (tertiary/aromatic N) is 2. The molecular formula is C18H28N2O2. The summed E-state index contributed by atoms with van der Waals surface area (Å²) in [6, 6.07) is 4.78. The van der Waals surface area contributed by atoms with Crippen LogP contribution in [0.25, 0.3) is 0 Å². The van der Waals surface area contributed by atoms with Crippen LogP contribution in [-0.4, -0.2) is 62.4 Å². The predicted molar refractivity (Wildman–Crippen MR) is 88.1 cm³/mol. The molecule has 1 aromatic rings. The summed E-state index contributed by atoms with van der Waals surface area (Å²) in [5.41, 5.74) is 5.76. The van der Waals surface area contributed by atoms with E-state index in [4.69, 9.17) is 9.47 Å². The first-order valence-corrected chi connectivity index (χ1v) is 8.41. The average molecular weight is 304 g/mol. The van der Waals surface area contributed by atoms with Gasteiger partial charge in [0, 0.05) is 39.3 Å². The van der Waals surface area contributed by atoms with E-state index in [1.54, 1.807) is 0 Å². The Morgan fingerprint density at radius 2 is 1.09 bits per heavy atom. The summed E-state index contributed by atoms with van der Waals surface area (Å²) in [7, 11) is 0. The molecule has 0 aromatic heterocycles. The van der Waals surface area contributed by atoms with Crippen molar-refractivity contribution in [1.29, 1.82) is 0 Å². The predicted octanol–water partition coefficient (Wildman–Crippen LogP) is 1.97. The molecule has 0 spiro atoms. The summed E-state index contributed by atoms with van der Waals surface area (Å²) in [6.45, 7) is 14.3. The average Bonchev–Trinajstić information content (AvgIpc) is 2.54. The van der Waals surface area contributed by atoms with Gasteiger partial charge in [-0.05, 0) is 36.1 Å². The third-order valence-corrected chi connectivity index (χ3v) is 4.79. The molecule has 0 amide bonds. The van der Waals surface area contributed by atoms with Crippen LogP contribution in [-0.2, 0) is 22.6 Å². The Kier molecular flexibility index (Phi) is 5.47. The number of benzene rings is 1. The van der Waals surface area contributed by atoms with Gasteiger partial charge in [0.05, 0.1) is 26.4 Å². The minimum absolute atomic E-state index is 0.868. The molecule has 4 nitrogen and oxygen atoms in total. The lowest BCUT2D eigenvalue weighted by atomic mass is 9.99. The van der Waals surface area contributed by atoms with Gasteiger partial charge in [-0.3, -0.25) is 9.80 Å². The van der Waals surface area contributed by atoms with Gasteiger partial charge in [0.15, 0.2) is 0 Å². The highest BCUT2D eigenvalue weighted by Crippen LogP contribution is 2.20. The molecule has 4 heteroatoms. The van der Waals surface area contributed by atoms with Crippen molar-refractivity contribution in [2.75, 3.05) is 52.6 Å². The molecule has 0 unspecified atom stereocenters. The first-order chi connectivity index (χ1) is 10.7. The Bertz CT molecular complexity index is 446. The van der Waals surface area contributed by atoms with E-state index in [0.29, 0.717) is 0 Å². The second-order valence-corrected chi connectivity index (χ2v) is 6.48. The lowest BCUT2D eigenvalue weighted by Gasteiger charge is -2.29. The van der Waals surface area contributed by atoms with Gasteiger partial charge >= 0.3 is 0 Å². The normalized spacial score (nSPS) is 21.2. The number of hydrogen-bond acceptors (Lipinski definition) is 4. The summed E-state index contributed by atoms with van der Waals surface area (Å²) in [4.78, 5) is 4.99. The summed E-state index contributed by atoms with van der Waals surface area (Å²) >= 11 is 0. The van der Waals surface area contributed by atoms with Crippen molar-refractivity contribution in [3.8, 4) is 0 Å². The van der Waals surface area contributed by atoms with Crippen molar-refractivity contribution in [3.05, 3.63) is 34.4 Å². The molecule has 2 aliphatic rings. The molecule has 0 radical (unpaired) electrons. The van der Waals surface area contributed by atoms with Gasteiger partial charge in [0.2, 0.25) is 0 Å². The van der Waals surface area contributed by atoms with E-state index in [0.717, 1.165) is 65.7 Å². The lowest BCUT2D eigenvalue weighted by Crippen LogP contribution is -2.36. The molecule has 0 aliphatic carbocycles. The fourth-order valence-electron chi connectivity index (χ4n) is 3.28. The van der Waals surface area contributed by atoms with E-state index in [9.17, 15) is 0 Å². The highest BCUT2D eigenvalue weighted by molar-refractivity contribution is 5.37. The monoisotopic (exact) mass is 304 g/mol. The zero-order chi connectivity index (χ0) is 15.4. The van der Waals surface area contributed by atoms with E-state index in [1.165, 1.54) is 22.3 Å². The second kappa shape index (κ2) is 7.55. The van der Waals surface area contributed by atoms with Crippen LogP contribution in [0.3, 0.4) is 0 Å². The van der Waals surface area contributed by atoms with Crippen LogP contribution in [0.4, 0.5) is 0 Å². The topological polar surface area (TPSA) is 24.9 Å². The first-order valence-electron chi connectivity index (χ1n) is 8.41. The third-order valence-electron chi connectivity index (χ3n) is 4.79. The van der Waals surface area contributed by atoms with E-state index in [-0.39, 0.29) is 0 Å². The van der Waals surface area contributed by atoms with Crippen LogP contribution < -0.4 is 0 Å². The molecule has 122 valence electrons. The Labute approximate surface area is 134 Å². The largest absolute Gasteiger partial charge is 0.379 e. The molecule has 22 heavy (non-hydrogen) atoms. The number of aryl methyl sites for hydroxylation is 2. The van der Waals surface area contributed by atoms with Crippen molar-refractivity contribution < 1.29 is 9.47 Å². The first kappa shape index (κ1) is 15.9.